The van der Waals surface area contributed by atoms with Crippen molar-refractivity contribution in [1.29, 1.82) is 0 Å². The van der Waals surface area contributed by atoms with E-state index >= 15 is 0 Å². The van der Waals surface area contributed by atoms with Gasteiger partial charge < -0.3 is 10.1 Å². The van der Waals surface area contributed by atoms with E-state index in [1.54, 1.807) is 36.4 Å². The van der Waals surface area contributed by atoms with E-state index in [9.17, 15) is 21.6 Å². The van der Waals surface area contributed by atoms with Crippen molar-refractivity contribution >= 4 is 43.0 Å². The minimum atomic E-state index is -3.81. The quantitative estimate of drug-likeness (QED) is 0.386. The lowest BCUT2D eigenvalue weighted by Crippen LogP contribution is -2.31. The van der Waals surface area contributed by atoms with Gasteiger partial charge in [0, 0.05) is 24.3 Å². The van der Waals surface area contributed by atoms with Crippen molar-refractivity contribution < 1.29 is 26.4 Å². The van der Waals surface area contributed by atoms with Gasteiger partial charge in [-0.05, 0) is 74.0 Å². The molecule has 0 atom stereocenters. The first-order valence-corrected chi connectivity index (χ1v) is 14.4. The van der Waals surface area contributed by atoms with Gasteiger partial charge in [0.25, 0.3) is 10.0 Å². The molecule has 3 rings (SSSR count). The number of anilines is 3. The smallest absolute Gasteiger partial charge is 0.261 e. The number of carbonyl (C=O) groups excluding carboxylic acids is 1. The van der Waals surface area contributed by atoms with Crippen molar-refractivity contribution in [3.05, 3.63) is 78.4 Å². The topological polar surface area (TPSA) is 122 Å². The third-order valence-electron chi connectivity index (χ3n) is 5.28. The molecule has 1 amide bonds. The van der Waals surface area contributed by atoms with Crippen molar-refractivity contribution in [3.8, 4) is 5.75 Å². The van der Waals surface area contributed by atoms with Gasteiger partial charge in [0.1, 0.15) is 5.75 Å². The summed E-state index contributed by atoms with van der Waals surface area (Å²) in [7, 11) is -5.79. The van der Waals surface area contributed by atoms with E-state index in [1.807, 2.05) is 19.1 Å². The maximum absolute atomic E-state index is 12.6. The standard InChI is InChI=1S/C25H29N3O6S2/c1-19-6-12-22(13-7-19)28(35(3,30)31)18-4-5-25(29)26-20-10-16-24(17-11-20)36(32,33)27-21-8-14-23(34-2)15-9-21/h6-17,27H,4-5,18H2,1-3H3,(H,26,29). The number of methoxy groups -OCH3 is 1. The maximum atomic E-state index is 12.6. The molecule has 2 N–H and O–H groups in total. The van der Waals surface area contributed by atoms with Crippen molar-refractivity contribution in [2.45, 2.75) is 24.7 Å². The molecule has 0 fully saturated rings. The number of nitrogens with zero attached hydrogens (tertiary/aromatic N) is 1. The summed E-state index contributed by atoms with van der Waals surface area (Å²) in [6, 6.07) is 19.4. The van der Waals surface area contributed by atoms with Crippen LogP contribution in [0.4, 0.5) is 17.1 Å². The molecule has 0 unspecified atom stereocenters. The van der Waals surface area contributed by atoms with Crippen LogP contribution >= 0.6 is 0 Å². The Morgan fingerprint density at radius 1 is 0.861 bits per heavy atom. The Balaban J connectivity index is 1.56. The highest BCUT2D eigenvalue weighted by molar-refractivity contribution is 7.92. The first-order valence-electron chi connectivity index (χ1n) is 11.1. The summed E-state index contributed by atoms with van der Waals surface area (Å²) in [6.45, 7) is 2.07. The molecule has 36 heavy (non-hydrogen) atoms. The van der Waals surface area contributed by atoms with Crippen LogP contribution in [0.25, 0.3) is 0 Å². The van der Waals surface area contributed by atoms with Crippen LogP contribution in [0.15, 0.2) is 77.7 Å². The molecule has 0 aliphatic heterocycles. The molecule has 3 aromatic carbocycles. The number of aryl methyl sites for hydroxylation is 1. The first-order chi connectivity index (χ1) is 17.0. The largest absolute Gasteiger partial charge is 0.497 e. The lowest BCUT2D eigenvalue weighted by Gasteiger charge is -2.22. The average molecular weight is 532 g/mol. The molecule has 0 aliphatic carbocycles. The molecule has 0 aromatic heterocycles. The summed E-state index contributed by atoms with van der Waals surface area (Å²) in [6.07, 6.45) is 1.54. The molecular formula is C25H29N3O6S2. The van der Waals surface area contributed by atoms with E-state index in [0.717, 1.165) is 11.8 Å². The maximum Gasteiger partial charge on any atom is 0.261 e. The Morgan fingerprint density at radius 2 is 1.44 bits per heavy atom. The molecule has 0 radical (unpaired) electrons. The number of amides is 1. The first kappa shape index (κ1) is 27.0. The third-order valence-corrected chi connectivity index (χ3v) is 7.87. The zero-order valence-corrected chi connectivity index (χ0v) is 21.9. The van der Waals surface area contributed by atoms with Gasteiger partial charge in [-0.25, -0.2) is 16.8 Å². The van der Waals surface area contributed by atoms with Crippen molar-refractivity contribution in [2.24, 2.45) is 0 Å². The Morgan fingerprint density at radius 3 is 2.00 bits per heavy atom. The number of sulfonamides is 2. The fourth-order valence-corrected chi connectivity index (χ4v) is 5.42. The number of nitrogens with one attached hydrogen (secondary N) is 2. The number of ether oxygens (including phenoxy) is 1. The van der Waals surface area contributed by atoms with Gasteiger partial charge in [0.15, 0.2) is 0 Å². The van der Waals surface area contributed by atoms with Crippen LogP contribution in [0.1, 0.15) is 18.4 Å². The lowest BCUT2D eigenvalue weighted by atomic mass is 10.2. The molecule has 0 spiro atoms. The Labute approximate surface area is 212 Å². The zero-order valence-electron chi connectivity index (χ0n) is 20.3. The fourth-order valence-electron chi connectivity index (χ4n) is 3.39. The van der Waals surface area contributed by atoms with Gasteiger partial charge >= 0.3 is 0 Å². The van der Waals surface area contributed by atoms with Crippen LogP contribution in [0.3, 0.4) is 0 Å². The molecule has 9 nitrogen and oxygen atoms in total. The van der Waals surface area contributed by atoms with Gasteiger partial charge in [-0.15, -0.1) is 0 Å². The highest BCUT2D eigenvalue weighted by atomic mass is 32.2. The second-order valence-corrected chi connectivity index (χ2v) is 11.8. The average Bonchev–Trinajstić information content (AvgIpc) is 2.82. The number of hydrogen-bond acceptors (Lipinski definition) is 6. The fraction of sp³-hybridized carbons (Fsp3) is 0.240. The van der Waals surface area contributed by atoms with Gasteiger partial charge in [-0.2, -0.15) is 0 Å². The van der Waals surface area contributed by atoms with E-state index in [0.29, 0.717) is 29.2 Å². The van der Waals surface area contributed by atoms with E-state index in [1.165, 1.54) is 35.7 Å². The van der Waals surface area contributed by atoms with Crippen LogP contribution < -0.4 is 19.1 Å². The van der Waals surface area contributed by atoms with Crippen LogP contribution in [-0.4, -0.2) is 42.7 Å². The highest BCUT2D eigenvalue weighted by Gasteiger charge is 2.18. The molecule has 192 valence electrons. The summed E-state index contributed by atoms with van der Waals surface area (Å²) in [5.41, 5.74) is 2.38. The molecular weight excluding hydrogens is 502 g/mol. The monoisotopic (exact) mass is 531 g/mol. The van der Waals surface area contributed by atoms with Crippen LogP contribution in [-0.2, 0) is 24.8 Å². The number of benzene rings is 3. The summed E-state index contributed by atoms with van der Waals surface area (Å²) >= 11 is 0. The molecule has 3 aromatic rings. The van der Waals surface area contributed by atoms with E-state index in [4.69, 9.17) is 4.74 Å². The van der Waals surface area contributed by atoms with Gasteiger partial charge in [-0.3, -0.25) is 13.8 Å². The second-order valence-electron chi connectivity index (χ2n) is 8.18. The third kappa shape index (κ3) is 7.46. The van der Waals surface area contributed by atoms with Crippen LogP contribution in [0.2, 0.25) is 0 Å². The number of rotatable bonds is 11. The van der Waals surface area contributed by atoms with Gasteiger partial charge in [0.2, 0.25) is 15.9 Å². The number of hydrogen-bond donors (Lipinski definition) is 2. The predicted octanol–water partition coefficient (Wildman–Crippen LogP) is 3.99. The molecule has 0 heterocycles. The number of carbonyl (C=O) groups is 1. The molecule has 0 saturated heterocycles. The molecule has 11 heteroatoms. The molecule has 0 aliphatic rings. The zero-order chi connectivity index (χ0) is 26.3. The summed E-state index contributed by atoms with van der Waals surface area (Å²) in [5, 5.41) is 2.71. The van der Waals surface area contributed by atoms with Crippen molar-refractivity contribution in [3.63, 3.8) is 0 Å². The minimum Gasteiger partial charge on any atom is -0.497 e. The minimum absolute atomic E-state index is 0.0400. The second kappa shape index (κ2) is 11.4. The van der Waals surface area contributed by atoms with Crippen LogP contribution in [0.5, 0.6) is 5.75 Å². The van der Waals surface area contributed by atoms with E-state index < -0.39 is 20.0 Å². The Kier molecular flexibility index (Phi) is 8.59. The SMILES string of the molecule is COc1ccc(NS(=O)(=O)c2ccc(NC(=O)CCCN(c3ccc(C)cc3)S(C)(=O)=O)cc2)cc1. The van der Waals surface area contributed by atoms with Crippen molar-refractivity contribution in [2.75, 3.05) is 34.3 Å². The Bertz CT molecular complexity index is 1390. The summed E-state index contributed by atoms with van der Waals surface area (Å²) in [5.74, 6) is 0.302. The van der Waals surface area contributed by atoms with E-state index in [-0.39, 0.29) is 23.8 Å². The van der Waals surface area contributed by atoms with Crippen molar-refractivity contribution in [1.82, 2.24) is 0 Å². The van der Waals surface area contributed by atoms with E-state index in [2.05, 4.69) is 10.0 Å². The highest BCUT2D eigenvalue weighted by Crippen LogP contribution is 2.21. The summed E-state index contributed by atoms with van der Waals surface area (Å²) < 4.78 is 58.5. The van der Waals surface area contributed by atoms with Gasteiger partial charge in [0.05, 0.1) is 23.9 Å². The van der Waals surface area contributed by atoms with Gasteiger partial charge in [-0.1, -0.05) is 17.7 Å². The summed E-state index contributed by atoms with van der Waals surface area (Å²) in [4.78, 5) is 12.4. The lowest BCUT2D eigenvalue weighted by molar-refractivity contribution is -0.116. The van der Waals surface area contributed by atoms with Crippen LogP contribution in [0, 0.1) is 6.92 Å². The predicted molar refractivity (Wildman–Crippen MR) is 141 cm³/mol. The normalized spacial score (nSPS) is 11.5. The molecule has 0 bridgehead atoms. The Hall–Kier alpha value is -3.57. The molecule has 0 saturated carbocycles.